The normalized spacial score (nSPS) is 14.4. The SMILES string of the molecule is CCCCS(=O)(=O)[C@@H](CNC(=O)CCNC(=O)c1ccc2c(c1)C[NH2+]CC2)C(=O)O. The van der Waals surface area contributed by atoms with Gasteiger partial charge in [0.1, 0.15) is 6.54 Å². The second-order valence-electron chi connectivity index (χ2n) is 7.37. The number of carbonyl (C=O) groups excluding carboxylic acids is 2. The highest BCUT2D eigenvalue weighted by atomic mass is 32.2. The van der Waals surface area contributed by atoms with E-state index in [2.05, 4.69) is 16.0 Å². The lowest BCUT2D eigenvalue weighted by Crippen LogP contribution is -2.84. The molecule has 0 aromatic heterocycles. The molecule has 0 saturated carbocycles. The van der Waals surface area contributed by atoms with Gasteiger partial charge in [-0.05, 0) is 24.1 Å². The van der Waals surface area contributed by atoms with Crippen molar-refractivity contribution in [1.29, 1.82) is 0 Å². The zero-order valence-corrected chi connectivity index (χ0v) is 18.0. The molecule has 0 aliphatic carbocycles. The Kier molecular flexibility index (Phi) is 8.79. The minimum atomic E-state index is -3.84. The summed E-state index contributed by atoms with van der Waals surface area (Å²) in [6.07, 6.45) is 1.89. The standard InChI is InChI=1S/C20H29N3O6S/c1-2-3-10-30(28,29)17(20(26)27)13-23-18(24)7-9-22-19(25)15-5-4-14-6-8-21-12-16(14)11-15/h4-5,11,17,21H,2-3,6-10,12-13H2,1H3,(H,22,25)(H,23,24)(H,26,27)/p+1/t17-/m0/s1. The summed E-state index contributed by atoms with van der Waals surface area (Å²) < 4.78 is 24.2. The lowest BCUT2D eigenvalue weighted by molar-refractivity contribution is -0.673. The number of amides is 2. The summed E-state index contributed by atoms with van der Waals surface area (Å²) in [5, 5.41) is 14.7. The number of hydrogen-bond acceptors (Lipinski definition) is 5. The first-order valence-electron chi connectivity index (χ1n) is 10.2. The molecule has 5 N–H and O–H groups in total. The number of benzene rings is 1. The molecular formula is C20H30N3O6S+. The van der Waals surface area contributed by atoms with Gasteiger partial charge in [-0.1, -0.05) is 19.4 Å². The summed E-state index contributed by atoms with van der Waals surface area (Å²) in [7, 11) is -3.84. The van der Waals surface area contributed by atoms with Gasteiger partial charge in [-0.15, -0.1) is 0 Å². The molecule has 166 valence electrons. The van der Waals surface area contributed by atoms with E-state index in [4.69, 9.17) is 0 Å². The lowest BCUT2D eigenvalue weighted by atomic mass is 9.98. The van der Waals surface area contributed by atoms with E-state index in [0.29, 0.717) is 18.4 Å². The van der Waals surface area contributed by atoms with Crippen LogP contribution in [-0.2, 0) is 32.4 Å². The number of nitrogens with one attached hydrogen (secondary N) is 2. The van der Waals surface area contributed by atoms with E-state index in [1.54, 1.807) is 6.07 Å². The maximum atomic E-state index is 12.3. The largest absolute Gasteiger partial charge is 0.480 e. The number of quaternary nitrogens is 1. The number of carboxylic acids is 1. The van der Waals surface area contributed by atoms with Crippen molar-refractivity contribution >= 4 is 27.6 Å². The van der Waals surface area contributed by atoms with E-state index in [0.717, 1.165) is 25.1 Å². The predicted octanol–water partition coefficient (Wildman–Crippen LogP) is -0.790. The molecule has 1 aliphatic rings. The third-order valence-corrected chi connectivity index (χ3v) is 7.16. The van der Waals surface area contributed by atoms with E-state index in [1.165, 1.54) is 5.56 Å². The Morgan fingerprint density at radius 1 is 1.20 bits per heavy atom. The molecule has 1 heterocycles. The minimum absolute atomic E-state index is 0.0637. The molecule has 1 aromatic carbocycles. The van der Waals surface area contributed by atoms with Gasteiger partial charge in [-0.25, -0.2) is 8.42 Å². The van der Waals surface area contributed by atoms with Gasteiger partial charge in [0.05, 0.1) is 12.3 Å². The van der Waals surface area contributed by atoms with Gasteiger partial charge < -0.3 is 21.1 Å². The number of aliphatic carboxylic acids is 1. The predicted molar refractivity (Wildman–Crippen MR) is 111 cm³/mol. The number of carbonyl (C=O) groups is 3. The van der Waals surface area contributed by atoms with Gasteiger partial charge in [0.15, 0.2) is 15.1 Å². The number of sulfone groups is 1. The zero-order chi connectivity index (χ0) is 22.1. The van der Waals surface area contributed by atoms with Gasteiger partial charge in [-0.3, -0.25) is 14.4 Å². The first-order chi connectivity index (χ1) is 14.2. The molecule has 0 fully saturated rings. The molecule has 0 saturated heterocycles. The van der Waals surface area contributed by atoms with Gasteiger partial charge in [0.2, 0.25) is 5.91 Å². The highest BCUT2D eigenvalue weighted by Gasteiger charge is 2.32. The summed E-state index contributed by atoms with van der Waals surface area (Å²) in [6, 6.07) is 5.58. The Morgan fingerprint density at radius 3 is 2.67 bits per heavy atom. The van der Waals surface area contributed by atoms with Gasteiger partial charge in [0, 0.05) is 37.1 Å². The highest BCUT2D eigenvalue weighted by molar-refractivity contribution is 7.92. The summed E-state index contributed by atoms with van der Waals surface area (Å²) in [6.45, 7) is 3.26. The molecule has 1 aromatic rings. The zero-order valence-electron chi connectivity index (χ0n) is 17.1. The van der Waals surface area contributed by atoms with E-state index >= 15 is 0 Å². The van der Waals surface area contributed by atoms with Gasteiger partial charge >= 0.3 is 5.97 Å². The van der Waals surface area contributed by atoms with Crippen molar-refractivity contribution in [3.05, 3.63) is 34.9 Å². The van der Waals surface area contributed by atoms with Crippen LogP contribution in [0.2, 0.25) is 0 Å². The molecule has 30 heavy (non-hydrogen) atoms. The van der Waals surface area contributed by atoms with Crippen LogP contribution < -0.4 is 16.0 Å². The van der Waals surface area contributed by atoms with Crippen LogP contribution in [0.4, 0.5) is 0 Å². The Labute approximate surface area is 176 Å². The Hall–Kier alpha value is -2.46. The fourth-order valence-corrected chi connectivity index (χ4v) is 4.88. The van der Waals surface area contributed by atoms with Crippen LogP contribution in [0.1, 0.15) is 47.7 Å². The quantitative estimate of drug-likeness (QED) is 0.355. The van der Waals surface area contributed by atoms with Crippen molar-refractivity contribution in [3.63, 3.8) is 0 Å². The Bertz CT molecular complexity index is 885. The first kappa shape index (κ1) is 23.8. The first-order valence-corrected chi connectivity index (χ1v) is 11.9. The molecule has 0 unspecified atom stereocenters. The van der Waals surface area contributed by atoms with E-state index in [9.17, 15) is 27.9 Å². The molecule has 2 rings (SSSR count). The monoisotopic (exact) mass is 440 g/mol. The maximum Gasteiger partial charge on any atom is 0.323 e. The fraction of sp³-hybridized carbons (Fsp3) is 0.550. The summed E-state index contributed by atoms with van der Waals surface area (Å²) in [5.41, 5.74) is 2.91. The number of unbranched alkanes of at least 4 members (excludes halogenated alkanes) is 1. The fourth-order valence-electron chi connectivity index (χ4n) is 3.26. The third-order valence-electron chi connectivity index (χ3n) is 5.06. The van der Waals surface area contributed by atoms with E-state index in [-0.39, 0.29) is 24.6 Å². The van der Waals surface area contributed by atoms with Crippen molar-refractivity contribution in [2.24, 2.45) is 0 Å². The van der Waals surface area contributed by atoms with Crippen molar-refractivity contribution in [2.75, 3.05) is 25.4 Å². The Balaban J connectivity index is 1.80. The van der Waals surface area contributed by atoms with E-state index in [1.807, 2.05) is 19.1 Å². The van der Waals surface area contributed by atoms with Crippen molar-refractivity contribution in [3.8, 4) is 0 Å². The average Bonchev–Trinajstić information content (AvgIpc) is 2.71. The number of rotatable bonds is 11. The Morgan fingerprint density at radius 2 is 1.97 bits per heavy atom. The summed E-state index contributed by atoms with van der Waals surface area (Å²) in [5.74, 6) is -2.52. The highest BCUT2D eigenvalue weighted by Crippen LogP contribution is 2.13. The van der Waals surface area contributed by atoms with Crippen LogP contribution in [0, 0.1) is 0 Å². The molecule has 0 spiro atoms. The van der Waals surface area contributed by atoms with Crippen LogP contribution in [0.5, 0.6) is 0 Å². The molecule has 0 radical (unpaired) electrons. The smallest absolute Gasteiger partial charge is 0.323 e. The molecule has 0 bridgehead atoms. The number of carboxylic acid groups (broad SMARTS) is 1. The molecule has 1 aliphatic heterocycles. The van der Waals surface area contributed by atoms with Crippen LogP contribution in [0.15, 0.2) is 18.2 Å². The molecule has 9 nitrogen and oxygen atoms in total. The average molecular weight is 441 g/mol. The second-order valence-corrected chi connectivity index (χ2v) is 9.68. The molecule has 1 atom stereocenters. The van der Waals surface area contributed by atoms with Crippen LogP contribution in [-0.4, -0.2) is 61.9 Å². The van der Waals surface area contributed by atoms with E-state index < -0.39 is 33.5 Å². The number of hydrogen-bond donors (Lipinski definition) is 4. The lowest BCUT2D eigenvalue weighted by Gasteiger charge is -2.15. The van der Waals surface area contributed by atoms with Crippen molar-refractivity contribution in [1.82, 2.24) is 10.6 Å². The third kappa shape index (κ3) is 6.81. The summed E-state index contributed by atoms with van der Waals surface area (Å²) in [4.78, 5) is 35.6. The molecule has 2 amide bonds. The maximum absolute atomic E-state index is 12.3. The van der Waals surface area contributed by atoms with Crippen molar-refractivity contribution < 1.29 is 33.2 Å². The molecule has 10 heteroatoms. The minimum Gasteiger partial charge on any atom is -0.480 e. The van der Waals surface area contributed by atoms with Gasteiger partial charge in [-0.2, -0.15) is 0 Å². The van der Waals surface area contributed by atoms with Gasteiger partial charge in [0.25, 0.3) is 5.91 Å². The molecular weight excluding hydrogens is 410 g/mol. The topological polar surface area (TPSA) is 146 Å². The number of nitrogens with two attached hydrogens (primary N) is 1. The van der Waals surface area contributed by atoms with Crippen LogP contribution in [0.3, 0.4) is 0 Å². The van der Waals surface area contributed by atoms with Crippen LogP contribution >= 0.6 is 0 Å². The second kappa shape index (κ2) is 11.1. The number of fused-ring (bicyclic) bond motifs is 1. The summed E-state index contributed by atoms with van der Waals surface area (Å²) >= 11 is 0. The van der Waals surface area contributed by atoms with Crippen molar-refractivity contribution in [2.45, 2.75) is 44.4 Å². The van der Waals surface area contributed by atoms with Crippen LogP contribution in [0.25, 0.3) is 0 Å².